The zero-order valence-electron chi connectivity index (χ0n) is 14.9. The highest BCUT2D eigenvalue weighted by atomic mass is 16.5. The van der Waals surface area contributed by atoms with E-state index in [1.54, 1.807) is 26.4 Å². The molecule has 134 valence electrons. The van der Waals surface area contributed by atoms with Crippen molar-refractivity contribution in [1.82, 2.24) is 10.1 Å². The van der Waals surface area contributed by atoms with Gasteiger partial charge in [0.15, 0.2) is 23.0 Å². The van der Waals surface area contributed by atoms with Crippen molar-refractivity contribution >= 4 is 5.91 Å². The Hall–Kier alpha value is -2.50. The summed E-state index contributed by atoms with van der Waals surface area (Å²) in [4.78, 5) is 14.7. The van der Waals surface area contributed by atoms with Gasteiger partial charge in [-0.25, -0.2) is 0 Å². The second-order valence-electron chi connectivity index (χ2n) is 6.20. The van der Waals surface area contributed by atoms with Crippen LogP contribution in [0.4, 0.5) is 0 Å². The first-order chi connectivity index (χ1) is 12.2. The highest BCUT2D eigenvalue weighted by Crippen LogP contribution is 2.33. The summed E-state index contributed by atoms with van der Waals surface area (Å²) in [6.07, 6.45) is 4.25. The summed E-state index contributed by atoms with van der Waals surface area (Å²) in [6.45, 7) is 2.91. The van der Waals surface area contributed by atoms with Gasteiger partial charge < -0.3 is 18.9 Å². The van der Waals surface area contributed by atoms with Gasteiger partial charge in [0.25, 0.3) is 5.91 Å². The van der Waals surface area contributed by atoms with E-state index >= 15 is 0 Å². The lowest BCUT2D eigenvalue weighted by Gasteiger charge is -2.34. The van der Waals surface area contributed by atoms with Gasteiger partial charge in [-0.1, -0.05) is 12.1 Å². The smallest absolute Gasteiger partial charge is 0.276 e. The van der Waals surface area contributed by atoms with Gasteiger partial charge in [-0.2, -0.15) is 0 Å². The summed E-state index contributed by atoms with van der Waals surface area (Å²) in [7, 11) is 3.17. The van der Waals surface area contributed by atoms with Crippen LogP contribution in [0, 0.1) is 0 Å². The number of piperidine rings is 1. The molecule has 0 bridgehead atoms. The molecule has 3 rings (SSSR count). The third-order valence-corrected chi connectivity index (χ3v) is 4.76. The molecule has 6 nitrogen and oxygen atoms in total. The van der Waals surface area contributed by atoms with Crippen LogP contribution in [0.1, 0.15) is 43.1 Å². The van der Waals surface area contributed by atoms with Crippen molar-refractivity contribution in [1.29, 1.82) is 0 Å². The number of benzene rings is 1. The van der Waals surface area contributed by atoms with E-state index in [2.05, 4.69) is 12.1 Å². The Labute approximate surface area is 147 Å². The zero-order valence-corrected chi connectivity index (χ0v) is 14.9. The lowest BCUT2D eigenvalue weighted by Crippen LogP contribution is -2.43. The van der Waals surface area contributed by atoms with Gasteiger partial charge in [0, 0.05) is 24.2 Å². The number of methoxy groups -OCH3 is 2. The normalized spacial score (nSPS) is 17.4. The Bertz CT molecular complexity index is 741. The molecule has 1 aromatic heterocycles. The molecule has 6 heteroatoms. The van der Waals surface area contributed by atoms with E-state index in [0.29, 0.717) is 29.0 Å². The van der Waals surface area contributed by atoms with Gasteiger partial charge in [0.2, 0.25) is 0 Å². The Morgan fingerprint density at radius 3 is 2.76 bits per heavy atom. The number of nitrogens with zero attached hydrogens (tertiary/aromatic N) is 2. The second-order valence-corrected chi connectivity index (χ2v) is 6.20. The summed E-state index contributed by atoms with van der Waals surface area (Å²) >= 11 is 0. The summed E-state index contributed by atoms with van der Waals surface area (Å²) in [5, 5.41) is 4.00. The fraction of sp³-hybridized carbons (Fsp3) is 0.474. The van der Waals surface area contributed by atoms with Gasteiger partial charge in [-0.3, -0.25) is 4.79 Å². The lowest BCUT2D eigenvalue weighted by molar-refractivity contribution is 0.0597. The second kappa shape index (κ2) is 7.59. The Kier molecular flexibility index (Phi) is 5.26. The van der Waals surface area contributed by atoms with Crippen LogP contribution in [0.3, 0.4) is 0 Å². The number of hydrogen-bond donors (Lipinski definition) is 0. The molecule has 0 spiro atoms. The highest BCUT2D eigenvalue weighted by molar-refractivity contribution is 5.93. The molecule has 1 aliphatic rings. The van der Waals surface area contributed by atoms with E-state index in [-0.39, 0.29) is 5.91 Å². The van der Waals surface area contributed by atoms with Crippen molar-refractivity contribution in [3.8, 4) is 22.8 Å². The fourth-order valence-corrected chi connectivity index (χ4v) is 3.34. The van der Waals surface area contributed by atoms with Crippen molar-refractivity contribution in [2.45, 2.75) is 38.6 Å². The molecule has 2 aromatic rings. The van der Waals surface area contributed by atoms with Crippen LogP contribution in [-0.4, -0.2) is 42.8 Å². The number of likely N-dealkylation sites (tertiary alicyclic amines) is 1. The Morgan fingerprint density at radius 1 is 1.24 bits per heavy atom. The fourth-order valence-electron chi connectivity index (χ4n) is 3.34. The van der Waals surface area contributed by atoms with Crippen LogP contribution in [-0.2, 0) is 0 Å². The van der Waals surface area contributed by atoms with Crippen LogP contribution in [0.15, 0.2) is 28.8 Å². The van der Waals surface area contributed by atoms with E-state index < -0.39 is 0 Å². The summed E-state index contributed by atoms with van der Waals surface area (Å²) in [5.74, 6) is 1.73. The number of aromatic nitrogens is 1. The number of ether oxygens (including phenoxy) is 2. The van der Waals surface area contributed by atoms with Crippen LogP contribution < -0.4 is 9.47 Å². The third-order valence-electron chi connectivity index (χ3n) is 4.76. The van der Waals surface area contributed by atoms with Crippen LogP contribution in [0.2, 0.25) is 0 Å². The molecule has 0 aliphatic carbocycles. The van der Waals surface area contributed by atoms with Crippen LogP contribution in [0.25, 0.3) is 11.3 Å². The Balaban J connectivity index is 1.83. The maximum Gasteiger partial charge on any atom is 0.276 e. The number of amides is 1. The van der Waals surface area contributed by atoms with Crippen molar-refractivity contribution in [2.24, 2.45) is 0 Å². The summed E-state index contributed by atoms with van der Waals surface area (Å²) < 4.78 is 16.0. The minimum absolute atomic E-state index is 0.0537. The standard InChI is InChI=1S/C19H24N2O4/c1-4-14-7-5-6-10-21(14)19(22)15-12-17(25-20-15)13-8-9-16(23-2)18(11-13)24-3/h8-9,11-12,14H,4-7,10H2,1-3H3/t14-/m1/s1. The van der Waals surface area contributed by atoms with E-state index in [4.69, 9.17) is 14.0 Å². The van der Waals surface area contributed by atoms with Crippen molar-refractivity contribution in [2.75, 3.05) is 20.8 Å². The molecular formula is C19H24N2O4. The first-order valence-corrected chi connectivity index (χ1v) is 8.68. The minimum atomic E-state index is -0.0537. The third kappa shape index (κ3) is 3.48. The number of carbonyl (C=O) groups excluding carboxylic acids is 1. The minimum Gasteiger partial charge on any atom is -0.493 e. The lowest BCUT2D eigenvalue weighted by atomic mass is 9.99. The molecule has 2 heterocycles. The number of hydrogen-bond acceptors (Lipinski definition) is 5. The van der Waals surface area contributed by atoms with Crippen LogP contribution >= 0.6 is 0 Å². The molecule has 1 amide bonds. The highest BCUT2D eigenvalue weighted by Gasteiger charge is 2.28. The molecule has 1 aliphatic heterocycles. The van der Waals surface area contributed by atoms with E-state index in [1.807, 2.05) is 17.0 Å². The van der Waals surface area contributed by atoms with Crippen molar-refractivity contribution in [3.63, 3.8) is 0 Å². The van der Waals surface area contributed by atoms with Gasteiger partial charge in [-0.15, -0.1) is 0 Å². The largest absolute Gasteiger partial charge is 0.493 e. The zero-order chi connectivity index (χ0) is 17.8. The topological polar surface area (TPSA) is 64.8 Å². The monoisotopic (exact) mass is 344 g/mol. The molecule has 1 atom stereocenters. The summed E-state index contributed by atoms with van der Waals surface area (Å²) in [5.41, 5.74) is 1.14. The maximum absolute atomic E-state index is 12.8. The number of carbonyl (C=O) groups is 1. The Morgan fingerprint density at radius 2 is 2.04 bits per heavy atom. The van der Waals surface area contributed by atoms with Gasteiger partial charge in [0.1, 0.15) is 0 Å². The first kappa shape index (κ1) is 17.3. The predicted molar refractivity (Wildman–Crippen MR) is 94.0 cm³/mol. The first-order valence-electron chi connectivity index (χ1n) is 8.68. The predicted octanol–water partition coefficient (Wildman–Crippen LogP) is 3.76. The van der Waals surface area contributed by atoms with Gasteiger partial charge in [-0.05, 0) is 43.9 Å². The molecule has 0 unspecified atom stereocenters. The van der Waals surface area contributed by atoms with E-state index in [9.17, 15) is 4.79 Å². The molecule has 0 saturated carbocycles. The molecule has 25 heavy (non-hydrogen) atoms. The average Bonchev–Trinajstić information content (AvgIpc) is 3.17. The van der Waals surface area contributed by atoms with Crippen LogP contribution in [0.5, 0.6) is 11.5 Å². The molecule has 0 radical (unpaired) electrons. The summed E-state index contributed by atoms with van der Waals surface area (Å²) in [6, 6.07) is 7.46. The SMILES string of the molecule is CC[C@@H]1CCCCN1C(=O)c1cc(-c2ccc(OC)c(OC)c2)on1. The maximum atomic E-state index is 12.8. The molecule has 0 N–H and O–H groups in total. The van der Waals surface area contributed by atoms with Crippen molar-refractivity contribution < 1.29 is 18.8 Å². The molecule has 1 fully saturated rings. The van der Waals surface area contributed by atoms with E-state index in [0.717, 1.165) is 31.4 Å². The van der Waals surface area contributed by atoms with Gasteiger partial charge in [0.05, 0.1) is 14.2 Å². The molecular weight excluding hydrogens is 320 g/mol. The molecule has 1 saturated heterocycles. The average molecular weight is 344 g/mol. The molecule has 1 aromatic carbocycles. The number of rotatable bonds is 5. The quantitative estimate of drug-likeness (QED) is 0.826. The van der Waals surface area contributed by atoms with E-state index in [1.165, 1.54) is 6.42 Å². The van der Waals surface area contributed by atoms with Gasteiger partial charge >= 0.3 is 0 Å². The van der Waals surface area contributed by atoms with Crippen molar-refractivity contribution in [3.05, 3.63) is 30.0 Å².